The second kappa shape index (κ2) is 8.63. The summed E-state index contributed by atoms with van der Waals surface area (Å²) in [6.45, 7) is 1.50. The Kier molecular flexibility index (Phi) is 6.02. The lowest BCUT2D eigenvalue weighted by atomic mass is 10.1. The molecule has 4 rings (SSSR count). The van der Waals surface area contributed by atoms with Crippen molar-refractivity contribution in [2.24, 2.45) is 0 Å². The second-order valence-corrected chi connectivity index (χ2v) is 6.52. The molecule has 0 aliphatic rings. The monoisotopic (exact) mass is 392 g/mol. The largest absolute Gasteiger partial charge is 0.478 e. The molecule has 0 saturated heterocycles. The molecule has 0 fully saturated rings. The van der Waals surface area contributed by atoms with Gasteiger partial charge in [0.2, 0.25) is 0 Å². The topological polar surface area (TPSA) is 54.3 Å². The summed E-state index contributed by atoms with van der Waals surface area (Å²) in [6.07, 6.45) is 2.19. The highest BCUT2D eigenvalue weighted by atomic mass is 35.5. The smallest absolute Gasteiger partial charge is 0.335 e. The van der Waals surface area contributed by atoms with Crippen molar-refractivity contribution in [1.29, 1.82) is 0 Å². The third-order valence-electron chi connectivity index (χ3n) is 4.68. The summed E-state index contributed by atoms with van der Waals surface area (Å²) >= 11 is 0. The van der Waals surface area contributed by atoms with Crippen molar-refractivity contribution in [3.05, 3.63) is 102 Å². The zero-order valence-corrected chi connectivity index (χ0v) is 16.0. The fourth-order valence-electron chi connectivity index (χ4n) is 3.30. The van der Waals surface area contributed by atoms with Crippen LogP contribution < -0.4 is 5.32 Å². The number of hydrogen-bond acceptors (Lipinski definition) is 2. The second-order valence-electron chi connectivity index (χ2n) is 6.52. The Morgan fingerprint density at radius 2 is 1.57 bits per heavy atom. The Morgan fingerprint density at radius 3 is 2.29 bits per heavy atom. The fraction of sp³-hybridized carbons (Fsp3) is 0.0870. The number of rotatable bonds is 6. The van der Waals surface area contributed by atoms with E-state index in [-0.39, 0.29) is 12.4 Å². The van der Waals surface area contributed by atoms with Crippen molar-refractivity contribution in [3.63, 3.8) is 0 Å². The molecule has 0 bridgehead atoms. The molecule has 4 nitrogen and oxygen atoms in total. The minimum atomic E-state index is -0.912. The van der Waals surface area contributed by atoms with Crippen molar-refractivity contribution < 1.29 is 9.90 Å². The number of benzene rings is 3. The van der Waals surface area contributed by atoms with Crippen molar-refractivity contribution in [3.8, 4) is 0 Å². The van der Waals surface area contributed by atoms with E-state index in [0.29, 0.717) is 12.1 Å². The third kappa shape index (κ3) is 4.18. The highest BCUT2D eigenvalue weighted by Crippen LogP contribution is 2.23. The van der Waals surface area contributed by atoms with E-state index >= 15 is 0 Å². The van der Waals surface area contributed by atoms with E-state index in [9.17, 15) is 4.79 Å². The Labute approximate surface area is 169 Å². The highest BCUT2D eigenvalue weighted by molar-refractivity contribution is 5.88. The van der Waals surface area contributed by atoms with Gasteiger partial charge in [0.05, 0.1) is 5.56 Å². The number of carbonyl (C=O) groups is 1. The van der Waals surface area contributed by atoms with Gasteiger partial charge in [0.25, 0.3) is 0 Å². The SMILES string of the molecule is Cl.O=C(O)c1ccc(NCc2cn(Cc3ccccc3)c3ccccc23)cc1. The van der Waals surface area contributed by atoms with E-state index < -0.39 is 5.97 Å². The lowest BCUT2D eigenvalue weighted by molar-refractivity contribution is 0.0697. The lowest BCUT2D eigenvalue weighted by Gasteiger charge is -2.06. The van der Waals surface area contributed by atoms with Gasteiger partial charge in [0.15, 0.2) is 0 Å². The molecule has 0 amide bonds. The zero-order chi connectivity index (χ0) is 18.6. The summed E-state index contributed by atoms with van der Waals surface area (Å²) in [5.74, 6) is -0.912. The van der Waals surface area contributed by atoms with Crippen LogP contribution in [0.15, 0.2) is 85.1 Å². The number of para-hydroxylation sites is 1. The van der Waals surface area contributed by atoms with Crippen molar-refractivity contribution >= 4 is 35.0 Å². The van der Waals surface area contributed by atoms with Crippen LogP contribution in [0.25, 0.3) is 10.9 Å². The predicted molar refractivity (Wildman–Crippen MR) is 115 cm³/mol. The molecule has 1 aromatic heterocycles. The molecule has 28 heavy (non-hydrogen) atoms. The Bertz CT molecular complexity index is 1070. The fourth-order valence-corrected chi connectivity index (χ4v) is 3.30. The number of anilines is 1. The van der Waals surface area contributed by atoms with E-state index in [1.807, 2.05) is 6.07 Å². The molecule has 0 aliphatic carbocycles. The summed E-state index contributed by atoms with van der Waals surface area (Å²) in [6, 6.07) is 25.6. The number of carboxylic acid groups (broad SMARTS) is 1. The van der Waals surface area contributed by atoms with Gasteiger partial charge in [-0.05, 0) is 41.5 Å². The van der Waals surface area contributed by atoms with E-state index in [0.717, 1.165) is 12.2 Å². The van der Waals surface area contributed by atoms with Crippen molar-refractivity contribution in [2.45, 2.75) is 13.1 Å². The number of aromatic nitrogens is 1. The molecule has 5 heteroatoms. The van der Waals surface area contributed by atoms with Gasteiger partial charge in [0, 0.05) is 35.9 Å². The first kappa shape index (κ1) is 19.5. The van der Waals surface area contributed by atoms with E-state index in [2.05, 4.69) is 64.6 Å². The van der Waals surface area contributed by atoms with Crippen LogP contribution in [0.2, 0.25) is 0 Å². The first-order valence-electron chi connectivity index (χ1n) is 8.88. The van der Waals surface area contributed by atoms with E-state index in [1.165, 1.54) is 22.0 Å². The highest BCUT2D eigenvalue weighted by Gasteiger charge is 2.09. The Hall–Kier alpha value is -3.24. The maximum absolute atomic E-state index is 11.0. The van der Waals surface area contributed by atoms with E-state index in [1.54, 1.807) is 24.3 Å². The molecule has 0 aliphatic heterocycles. The van der Waals surface area contributed by atoms with Crippen LogP contribution in [0, 0.1) is 0 Å². The van der Waals surface area contributed by atoms with Crippen LogP contribution in [-0.2, 0) is 13.1 Å². The number of hydrogen-bond donors (Lipinski definition) is 2. The van der Waals surface area contributed by atoms with Crippen LogP contribution in [-0.4, -0.2) is 15.6 Å². The molecule has 0 unspecified atom stereocenters. The molecule has 0 atom stereocenters. The maximum Gasteiger partial charge on any atom is 0.335 e. The Balaban J connectivity index is 0.00000225. The van der Waals surface area contributed by atoms with Crippen LogP contribution >= 0.6 is 12.4 Å². The quantitative estimate of drug-likeness (QED) is 0.460. The van der Waals surface area contributed by atoms with Gasteiger partial charge in [-0.15, -0.1) is 12.4 Å². The number of halogens is 1. The predicted octanol–water partition coefficient (Wildman–Crippen LogP) is 5.42. The molecule has 0 saturated carbocycles. The standard InChI is InChI=1S/C23H20N2O2.ClH/c26-23(27)18-10-12-20(13-11-18)24-14-19-16-25(15-17-6-2-1-3-7-17)22-9-5-4-8-21(19)22;/h1-13,16,24H,14-15H2,(H,26,27);1H. The number of nitrogens with zero attached hydrogens (tertiary/aromatic N) is 1. The molecule has 3 aromatic carbocycles. The van der Waals surface area contributed by atoms with Crippen LogP contribution in [0.1, 0.15) is 21.5 Å². The molecule has 4 aromatic rings. The van der Waals surface area contributed by atoms with Gasteiger partial charge < -0.3 is 15.0 Å². The third-order valence-corrected chi connectivity index (χ3v) is 4.68. The van der Waals surface area contributed by atoms with Crippen LogP contribution in [0.4, 0.5) is 5.69 Å². The number of carboxylic acids is 1. The molecule has 0 radical (unpaired) electrons. The lowest BCUT2D eigenvalue weighted by Crippen LogP contribution is -2.01. The first-order chi connectivity index (χ1) is 13.2. The summed E-state index contributed by atoms with van der Waals surface area (Å²) < 4.78 is 2.27. The zero-order valence-electron chi connectivity index (χ0n) is 15.2. The van der Waals surface area contributed by atoms with Gasteiger partial charge in [0.1, 0.15) is 0 Å². The number of nitrogens with one attached hydrogen (secondary N) is 1. The minimum Gasteiger partial charge on any atom is -0.478 e. The van der Waals surface area contributed by atoms with E-state index in [4.69, 9.17) is 5.11 Å². The van der Waals surface area contributed by atoms with Crippen LogP contribution in [0.3, 0.4) is 0 Å². The van der Waals surface area contributed by atoms with Crippen LogP contribution in [0.5, 0.6) is 0 Å². The summed E-state index contributed by atoms with van der Waals surface area (Å²) in [7, 11) is 0. The van der Waals surface area contributed by atoms with Gasteiger partial charge >= 0.3 is 5.97 Å². The number of fused-ring (bicyclic) bond motifs is 1. The van der Waals surface area contributed by atoms with Crippen molar-refractivity contribution in [1.82, 2.24) is 4.57 Å². The summed E-state index contributed by atoms with van der Waals surface area (Å²) in [4.78, 5) is 11.0. The first-order valence-corrected chi connectivity index (χ1v) is 8.88. The summed E-state index contributed by atoms with van der Waals surface area (Å²) in [5, 5.41) is 13.6. The molecule has 0 spiro atoms. The van der Waals surface area contributed by atoms with Gasteiger partial charge in [-0.2, -0.15) is 0 Å². The van der Waals surface area contributed by atoms with Crippen molar-refractivity contribution in [2.75, 3.05) is 5.32 Å². The molecular weight excluding hydrogens is 372 g/mol. The molecule has 1 heterocycles. The maximum atomic E-state index is 11.0. The molecular formula is C23H21ClN2O2. The average molecular weight is 393 g/mol. The van der Waals surface area contributed by atoms with Gasteiger partial charge in [-0.25, -0.2) is 4.79 Å². The van der Waals surface area contributed by atoms with Gasteiger partial charge in [-0.3, -0.25) is 0 Å². The minimum absolute atomic E-state index is 0. The molecule has 2 N–H and O–H groups in total. The van der Waals surface area contributed by atoms with Gasteiger partial charge in [-0.1, -0.05) is 48.5 Å². The normalized spacial score (nSPS) is 10.4. The number of aromatic carboxylic acids is 1. The Morgan fingerprint density at radius 1 is 0.893 bits per heavy atom. The average Bonchev–Trinajstić information content (AvgIpc) is 3.05. The summed E-state index contributed by atoms with van der Waals surface area (Å²) in [5.41, 5.74) is 4.88. The molecule has 142 valence electrons.